The summed E-state index contributed by atoms with van der Waals surface area (Å²) in [6.45, 7) is 3.35. The van der Waals surface area contributed by atoms with E-state index in [1.54, 1.807) is 6.08 Å². The molecule has 0 saturated heterocycles. The first-order valence-corrected chi connectivity index (χ1v) is 1.62. The van der Waals surface area contributed by atoms with E-state index >= 15 is 0 Å². The Hall–Kier alpha value is 0.718. The molecule has 5 heavy (non-hydrogen) atoms. The summed E-state index contributed by atoms with van der Waals surface area (Å²) in [6, 6.07) is 0. The van der Waals surface area contributed by atoms with Crippen molar-refractivity contribution in [2.75, 3.05) is 5.88 Å². The van der Waals surface area contributed by atoms with Gasteiger partial charge in [0.25, 0.3) is 0 Å². The van der Waals surface area contributed by atoms with Crippen LogP contribution in [0.25, 0.3) is 0 Å². The van der Waals surface area contributed by atoms with Crippen molar-refractivity contribution in [2.24, 2.45) is 0 Å². The van der Waals surface area contributed by atoms with Crippen molar-refractivity contribution in [2.45, 2.75) is 0 Å². The summed E-state index contributed by atoms with van der Waals surface area (Å²) in [6.07, 6.45) is 1.64. The minimum atomic E-state index is 0. The molecule has 0 amide bonds. The Kier molecular flexibility index (Phi) is 16.3. The van der Waals surface area contributed by atoms with Gasteiger partial charge in [-0.05, 0) is 0 Å². The molecule has 0 unspecified atom stereocenters. The van der Waals surface area contributed by atoms with E-state index in [1.807, 2.05) is 0 Å². The predicted octanol–water partition coefficient (Wildman–Crippen LogP) is 1.41. The summed E-state index contributed by atoms with van der Waals surface area (Å²) in [5, 5.41) is 0. The van der Waals surface area contributed by atoms with Gasteiger partial charge in [0, 0.05) is 26.9 Å². The summed E-state index contributed by atoms with van der Waals surface area (Å²) in [5.74, 6) is 0.556. The zero-order chi connectivity index (χ0) is 3.41. The Labute approximate surface area is 51.5 Å². The topological polar surface area (TPSA) is 0 Å². The molecule has 2 heteroatoms. The van der Waals surface area contributed by atoms with Crippen LogP contribution in [0.1, 0.15) is 0 Å². The van der Waals surface area contributed by atoms with Crippen molar-refractivity contribution < 1.29 is 21.1 Å². The Morgan fingerprint density at radius 1 is 1.80 bits per heavy atom. The van der Waals surface area contributed by atoms with Crippen LogP contribution >= 0.6 is 11.6 Å². The summed E-state index contributed by atoms with van der Waals surface area (Å²) in [5.41, 5.74) is 0. The Morgan fingerprint density at radius 2 is 2.00 bits per heavy atom. The van der Waals surface area contributed by atoms with Gasteiger partial charge in [0.15, 0.2) is 0 Å². The molecule has 0 saturated carbocycles. The molecule has 0 aliphatic carbocycles. The molecule has 0 atom stereocenters. The first-order valence-electron chi connectivity index (χ1n) is 1.08. The van der Waals surface area contributed by atoms with Gasteiger partial charge in [0.05, 0.1) is 0 Å². The van der Waals surface area contributed by atoms with E-state index in [2.05, 4.69) is 6.58 Å². The standard InChI is InChI=1S/C3H5Cl.Pt/c1-2-3-4;/h2H,1,3H2;. The second-order valence-electron chi connectivity index (χ2n) is 0.443. The van der Waals surface area contributed by atoms with Crippen molar-refractivity contribution in [1.82, 2.24) is 0 Å². The molecular formula is C3H5ClPt. The second kappa shape index (κ2) is 8.83. The van der Waals surface area contributed by atoms with E-state index in [1.165, 1.54) is 0 Å². The molecule has 0 N–H and O–H groups in total. The SMILES string of the molecule is C=CCCl.[Pt]. The second-order valence-corrected chi connectivity index (χ2v) is 0.752. The summed E-state index contributed by atoms with van der Waals surface area (Å²) < 4.78 is 0. The fraction of sp³-hybridized carbons (Fsp3) is 0.333. The van der Waals surface area contributed by atoms with E-state index in [-0.39, 0.29) is 21.1 Å². The summed E-state index contributed by atoms with van der Waals surface area (Å²) >= 11 is 5.07. The number of rotatable bonds is 1. The minimum absolute atomic E-state index is 0. The number of alkyl halides is 1. The predicted molar refractivity (Wildman–Crippen MR) is 20.9 cm³/mol. The van der Waals surface area contributed by atoms with Gasteiger partial charge in [0.2, 0.25) is 0 Å². The van der Waals surface area contributed by atoms with E-state index in [4.69, 9.17) is 11.6 Å². The van der Waals surface area contributed by atoms with Gasteiger partial charge >= 0.3 is 0 Å². The molecule has 0 rings (SSSR count). The van der Waals surface area contributed by atoms with Crippen molar-refractivity contribution in [3.63, 3.8) is 0 Å². The average Bonchev–Trinajstić information content (AvgIpc) is 1.37. The van der Waals surface area contributed by atoms with Crippen LogP contribution in [0.3, 0.4) is 0 Å². The molecule has 0 heterocycles. The third-order valence-electron chi connectivity index (χ3n) is 0.109. The maximum Gasteiger partial charge on any atom is 0.0401 e. The summed E-state index contributed by atoms with van der Waals surface area (Å²) in [4.78, 5) is 0. The van der Waals surface area contributed by atoms with Crippen molar-refractivity contribution in [1.29, 1.82) is 0 Å². The Balaban J connectivity index is 0. The molecular weight excluding hydrogens is 267 g/mol. The van der Waals surface area contributed by atoms with Crippen molar-refractivity contribution in [3.8, 4) is 0 Å². The third-order valence-corrected chi connectivity index (χ3v) is 0.327. The third kappa shape index (κ3) is 11.8. The molecule has 0 aromatic carbocycles. The molecule has 0 aromatic rings. The zero-order valence-electron chi connectivity index (χ0n) is 2.69. The van der Waals surface area contributed by atoms with Gasteiger partial charge < -0.3 is 0 Å². The molecule has 0 aliphatic rings. The first-order chi connectivity index (χ1) is 1.91. The maximum absolute atomic E-state index is 5.07. The van der Waals surface area contributed by atoms with E-state index < -0.39 is 0 Å². The Morgan fingerprint density at radius 3 is 2.00 bits per heavy atom. The first kappa shape index (κ1) is 9.21. The van der Waals surface area contributed by atoms with Crippen LogP contribution < -0.4 is 0 Å². The van der Waals surface area contributed by atoms with Crippen molar-refractivity contribution in [3.05, 3.63) is 12.7 Å². The molecule has 0 aliphatic heterocycles. The number of allylic oxidation sites excluding steroid dienone is 1. The van der Waals surface area contributed by atoms with Crippen LogP contribution in [0.15, 0.2) is 12.7 Å². The van der Waals surface area contributed by atoms with Gasteiger partial charge in [-0.15, -0.1) is 18.2 Å². The van der Waals surface area contributed by atoms with Crippen LogP contribution in [0.2, 0.25) is 0 Å². The van der Waals surface area contributed by atoms with Gasteiger partial charge in [-0.25, -0.2) is 0 Å². The van der Waals surface area contributed by atoms with Gasteiger partial charge in [0.1, 0.15) is 0 Å². The molecule has 0 fully saturated rings. The fourth-order valence-corrected chi connectivity index (χ4v) is 0. The maximum atomic E-state index is 5.07. The molecule has 0 radical (unpaired) electrons. The normalized spacial score (nSPS) is 5.00. The number of hydrogen-bond acceptors (Lipinski definition) is 0. The van der Waals surface area contributed by atoms with Crippen LogP contribution in [0.4, 0.5) is 0 Å². The molecule has 0 bridgehead atoms. The van der Waals surface area contributed by atoms with Crippen LogP contribution in [0, 0.1) is 0 Å². The Bertz CT molecular complexity index is 20.9. The largest absolute Gasteiger partial charge is 0.122 e. The van der Waals surface area contributed by atoms with Gasteiger partial charge in [-0.2, -0.15) is 0 Å². The zero-order valence-corrected chi connectivity index (χ0v) is 5.71. The average molecular weight is 272 g/mol. The van der Waals surface area contributed by atoms with E-state index in [9.17, 15) is 0 Å². The smallest absolute Gasteiger partial charge is 0.0401 e. The van der Waals surface area contributed by atoms with Crippen LogP contribution in [-0.2, 0) is 21.1 Å². The van der Waals surface area contributed by atoms with Crippen molar-refractivity contribution >= 4 is 11.6 Å². The monoisotopic (exact) mass is 271 g/mol. The van der Waals surface area contributed by atoms with Crippen LogP contribution in [-0.4, -0.2) is 5.88 Å². The quantitative estimate of drug-likeness (QED) is 0.500. The van der Waals surface area contributed by atoms with Gasteiger partial charge in [-0.3, -0.25) is 0 Å². The minimum Gasteiger partial charge on any atom is -0.122 e. The number of halogens is 1. The number of hydrogen-bond donors (Lipinski definition) is 0. The van der Waals surface area contributed by atoms with Crippen LogP contribution in [0.5, 0.6) is 0 Å². The summed E-state index contributed by atoms with van der Waals surface area (Å²) in [7, 11) is 0. The molecule has 0 nitrogen and oxygen atoms in total. The van der Waals surface area contributed by atoms with E-state index in [0.717, 1.165) is 0 Å². The molecule has 0 spiro atoms. The molecule has 0 aromatic heterocycles. The molecule has 34 valence electrons. The fourth-order valence-electron chi connectivity index (χ4n) is 0. The van der Waals surface area contributed by atoms with Gasteiger partial charge in [-0.1, -0.05) is 6.08 Å². The van der Waals surface area contributed by atoms with E-state index in [0.29, 0.717) is 5.88 Å².